The molecule has 1 atom stereocenters. The van der Waals surface area contributed by atoms with Gasteiger partial charge in [0, 0.05) is 49.2 Å². The summed E-state index contributed by atoms with van der Waals surface area (Å²) in [6, 6.07) is 0.317. The molecule has 2 aromatic rings. The van der Waals surface area contributed by atoms with Crippen molar-refractivity contribution in [2.45, 2.75) is 84.8 Å². The Labute approximate surface area is 180 Å². The lowest BCUT2D eigenvalue weighted by atomic mass is 9.99. The minimum Gasteiger partial charge on any atom is -0.356 e. The van der Waals surface area contributed by atoms with Gasteiger partial charge in [-0.15, -0.1) is 0 Å². The number of hydrogen-bond acceptors (Lipinski definition) is 5. The second-order valence-corrected chi connectivity index (χ2v) is 9.54. The lowest BCUT2D eigenvalue weighted by Gasteiger charge is -2.36. The van der Waals surface area contributed by atoms with E-state index in [1.807, 2.05) is 0 Å². The van der Waals surface area contributed by atoms with Crippen LogP contribution in [0.1, 0.15) is 79.8 Å². The predicted octanol–water partition coefficient (Wildman–Crippen LogP) is 4.20. The Hall–Kier alpha value is -1.95. The van der Waals surface area contributed by atoms with E-state index in [-0.39, 0.29) is 0 Å². The molecular formula is C24H36N6. The largest absolute Gasteiger partial charge is 0.356 e. The number of piperidine rings is 1. The molecule has 0 amide bonds. The average Bonchev–Trinajstić information content (AvgIpc) is 3.50. The van der Waals surface area contributed by atoms with E-state index in [9.17, 15) is 0 Å². The molecule has 1 saturated carbocycles. The third-order valence-electron chi connectivity index (χ3n) is 7.20. The summed E-state index contributed by atoms with van der Waals surface area (Å²) < 4.78 is 2.05. The van der Waals surface area contributed by atoms with Crippen molar-refractivity contribution < 1.29 is 0 Å². The van der Waals surface area contributed by atoms with Crippen LogP contribution in [0.2, 0.25) is 0 Å². The molecule has 0 aromatic carbocycles. The van der Waals surface area contributed by atoms with E-state index in [0.29, 0.717) is 6.04 Å². The van der Waals surface area contributed by atoms with E-state index in [0.717, 1.165) is 56.5 Å². The third kappa shape index (κ3) is 3.98. The van der Waals surface area contributed by atoms with Crippen LogP contribution < -0.4 is 4.90 Å². The molecule has 0 spiro atoms. The van der Waals surface area contributed by atoms with Crippen LogP contribution in [0.5, 0.6) is 0 Å². The number of fused-ring (bicyclic) bond motifs is 1. The van der Waals surface area contributed by atoms with E-state index in [4.69, 9.17) is 9.97 Å². The highest BCUT2D eigenvalue weighted by Crippen LogP contribution is 2.37. The van der Waals surface area contributed by atoms with E-state index in [1.165, 1.54) is 61.3 Å². The van der Waals surface area contributed by atoms with Gasteiger partial charge in [0.05, 0.1) is 11.7 Å². The number of aromatic nitrogens is 4. The summed E-state index contributed by atoms with van der Waals surface area (Å²) in [6.45, 7) is 11.8. The van der Waals surface area contributed by atoms with E-state index in [1.54, 1.807) is 0 Å². The summed E-state index contributed by atoms with van der Waals surface area (Å²) in [5.41, 5.74) is 5.09. The predicted molar refractivity (Wildman–Crippen MR) is 120 cm³/mol. The number of anilines is 1. The van der Waals surface area contributed by atoms with E-state index >= 15 is 0 Å². The number of aryl methyl sites for hydroxylation is 3. The lowest BCUT2D eigenvalue weighted by Crippen LogP contribution is -2.36. The monoisotopic (exact) mass is 408 g/mol. The summed E-state index contributed by atoms with van der Waals surface area (Å²) in [7, 11) is 0. The van der Waals surface area contributed by atoms with Crippen LogP contribution in [0.4, 0.5) is 5.82 Å². The highest BCUT2D eigenvalue weighted by atomic mass is 15.3. The summed E-state index contributed by atoms with van der Waals surface area (Å²) in [4.78, 5) is 15.5. The topological polar surface area (TPSA) is 50.1 Å². The molecule has 1 saturated heterocycles. The highest BCUT2D eigenvalue weighted by molar-refractivity contribution is 5.51. The lowest BCUT2D eigenvalue weighted by molar-refractivity contribution is 0.133. The summed E-state index contributed by atoms with van der Waals surface area (Å²) >= 11 is 0. The number of rotatable bonds is 6. The molecule has 3 aliphatic rings. The van der Waals surface area contributed by atoms with E-state index in [2.05, 4.69) is 46.5 Å². The van der Waals surface area contributed by atoms with Crippen LogP contribution >= 0.6 is 0 Å². The van der Waals surface area contributed by atoms with Crippen molar-refractivity contribution in [2.24, 2.45) is 5.92 Å². The highest BCUT2D eigenvalue weighted by Gasteiger charge is 2.32. The Bertz CT molecular complexity index is 899. The Balaban J connectivity index is 1.43. The molecule has 2 fully saturated rings. The maximum atomic E-state index is 5.25. The third-order valence-corrected chi connectivity index (χ3v) is 7.20. The van der Waals surface area contributed by atoms with Crippen molar-refractivity contribution in [2.75, 3.05) is 24.5 Å². The van der Waals surface area contributed by atoms with E-state index < -0.39 is 0 Å². The molecule has 6 heteroatoms. The van der Waals surface area contributed by atoms with Gasteiger partial charge >= 0.3 is 0 Å². The van der Waals surface area contributed by atoms with Gasteiger partial charge in [-0.2, -0.15) is 5.10 Å². The number of nitrogens with zero attached hydrogens (tertiary/aromatic N) is 6. The number of hydrogen-bond donors (Lipinski definition) is 0. The van der Waals surface area contributed by atoms with Crippen molar-refractivity contribution in [1.82, 2.24) is 24.6 Å². The van der Waals surface area contributed by atoms with Gasteiger partial charge < -0.3 is 4.90 Å². The maximum absolute atomic E-state index is 5.25. The zero-order valence-electron chi connectivity index (χ0n) is 18.9. The maximum Gasteiger partial charge on any atom is 0.148 e. The Morgan fingerprint density at radius 2 is 1.87 bits per heavy atom. The van der Waals surface area contributed by atoms with Crippen molar-refractivity contribution in [3.8, 4) is 0 Å². The second kappa shape index (κ2) is 8.29. The van der Waals surface area contributed by atoms with Gasteiger partial charge in [0.15, 0.2) is 0 Å². The van der Waals surface area contributed by atoms with Gasteiger partial charge in [0.2, 0.25) is 0 Å². The number of likely N-dealkylation sites (tertiary alicyclic amines) is 1. The Kier molecular flexibility index (Phi) is 5.52. The van der Waals surface area contributed by atoms with Crippen LogP contribution in [0, 0.1) is 19.8 Å². The van der Waals surface area contributed by atoms with Gasteiger partial charge in [-0.1, -0.05) is 6.42 Å². The van der Waals surface area contributed by atoms with Gasteiger partial charge in [0.1, 0.15) is 11.6 Å². The molecule has 30 heavy (non-hydrogen) atoms. The van der Waals surface area contributed by atoms with Gasteiger partial charge in [-0.3, -0.25) is 9.58 Å². The molecular weight excluding hydrogens is 372 g/mol. The summed E-state index contributed by atoms with van der Waals surface area (Å²) in [6.07, 6.45) is 11.0. The summed E-state index contributed by atoms with van der Waals surface area (Å²) in [5.74, 6) is 3.18. The van der Waals surface area contributed by atoms with Crippen LogP contribution in [0.15, 0.2) is 6.20 Å². The molecule has 5 rings (SSSR count). The minimum absolute atomic E-state index is 0.317. The molecule has 2 aromatic heterocycles. The normalized spacial score (nSPS) is 22.4. The van der Waals surface area contributed by atoms with Crippen LogP contribution in [-0.4, -0.2) is 44.3 Å². The zero-order valence-corrected chi connectivity index (χ0v) is 18.9. The molecule has 2 aliphatic heterocycles. The molecule has 1 aliphatic carbocycles. The smallest absolute Gasteiger partial charge is 0.148 e. The van der Waals surface area contributed by atoms with Crippen molar-refractivity contribution in [3.63, 3.8) is 0 Å². The first-order chi connectivity index (χ1) is 14.6. The molecule has 0 radical (unpaired) electrons. The van der Waals surface area contributed by atoms with Crippen molar-refractivity contribution >= 4 is 5.82 Å². The Morgan fingerprint density at radius 1 is 1.00 bits per heavy atom. The quantitative estimate of drug-likeness (QED) is 0.717. The standard InChI is InChI=1S/C24H36N6/c1-4-30-16-20(17(2)27-30)15-28-12-6-5-9-22(28)23-25-18(3)21-8-7-13-29(24(21)26-23)14-19-10-11-19/h16,19,22H,4-15H2,1-3H3. The summed E-state index contributed by atoms with van der Waals surface area (Å²) in [5, 5.41) is 4.66. The van der Waals surface area contributed by atoms with Gasteiger partial charge in [-0.25, -0.2) is 9.97 Å². The first kappa shape index (κ1) is 20.0. The van der Waals surface area contributed by atoms with Crippen LogP contribution in [0.3, 0.4) is 0 Å². The SMILES string of the molecule is CCn1cc(CN2CCCCC2c2nc(C)c3c(n2)N(CC2CC2)CCC3)c(C)n1. The fourth-order valence-electron chi connectivity index (χ4n) is 5.22. The van der Waals surface area contributed by atoms with Gasteiger partial charge in [-0.05, 0) is 71.8 Å². The fraction of sp³-hybridized carbons (Fsp3) is 0.708. The second-order valence-electron chi connectivity index (χ2n) is 9.54. The van der Waals surface area contributed by atoms with Gasteiger partial charge in [0.25, 0.3) is 0 Å². The molecule has 1 unspecified atom stereocenters. The minimum atomic E-state index is 0.317. The first-order valence-corrected chi connectivity index (χ1v) is 12.0. The Morgan fingerprint density at radius 3 is 2.63 bits per heavy atom. The fourth-order valence-corrected chi connectivity index (χ4v) is 5.22. The van der Waals surface area contributed by atoms with Crippen LogP contribution in [0.25, 0.3) is 0 Å². The van der Waals surface area contributed by atoms with Crippen molar-refractivity contribution in [3.05, 3.63) is 34.5 Å². The first-order valence-electron chi connectivity index (χ1n) is 12.0. The zero-order chi connectivity index (χ0) is 20.7. The molecule has 162 valence electrons. The average molecular weight is 409 g/mol. The van der Waals surface area contributed by atoms with Crippen molar-refractivity contribution in [1.29, 1.82) is 0 Å². The molecule has 6 nitrogen and oxygen atoms in total. The molecule has 0 bridgehead atoms. The molecule has 0 N–H and O–H groups in total. The molecule has 4 heterocycles. The van der Waals surface area contributed by atoms with Crippen LogP contribution in [-0.2, 0) is 19.5 Å².